The van der Waals surface area contributed by atoms with E-state index in [0.29, 0.717) is 30.2 Å². The Kier molecular flexibility index (Phi) is 7.46. The van der Waals surface area contributed by atoms with Gasteiger partial charge in [-0.1, -0.05) is 0 Å². The summed E-state index contributed by atoms with van der Waals surface area (Å²) in [6, 6.07) is 9.02. The zero-order valence-corrected chi connectivity index (χ0v) is 17.9. The number of amides is 1. The van der Waals surface area contributed by atoms with Crippen LogP contribution in [0.2, 0.25) is 0 Å². The highest BCUT2D eigenvalue weighted by molar-refractivity contribution is 5.92. The van der Waals surface area contributed by atoms with Crippen molar-refractivity contribution < 1.29 is 28.2 Å². The van der Waals surface area contributed by atoms with Crippen LogP contribution < -0.4 is 14.8 Å². The van der Waals surface area contributed by atoms with Gasteiger partial charge in [-0.15, -0.1) is 0 Å². The van der Waals surface area contributed by atoms with Crippen LogP contribution in [0.25, 0.3) is 0 Å². The van der Waals surface area contributed by atoms with Gasteiger partial charge in [-0.25, -0.2) is 4.39 Å². The number of methoxy groups -OCH3 is 2. The molecule has 1 atom stereocenters. The molecule has 3 rings (SSSR count). The van der Waals surface area contributed by atoms with E-state index < -0.39 is 0 Å². The molecule has 0 bridgehead atoms. The molecule has 0 spiro atoms. The van der Waals surface area contributed by atoms with Gasteiger partial charge in [0, 0.05) is 18.3 Å². The van der Waals surface area contributed by atoms with Gasteiger partial charge in [-0.2, -0.15) is 0 Å². The number of hydrogen-bond donors (Lipinski definition) is 1. The van der Waals surface area contributed by atoms with Crippen LogP contribution in [0, 0.1) is 5.82 Å². The van der Waals surface area contributed by atoms with Crippen molar-refractivity contribution in [3.63, 3.8) is 0 Å². The van der Waals surface area contributed by atoms with Crippen molar-refractivity contribution in [2.45, 2.75) is 25.8 Å². The number of anilines is 1. The minimum atomic E-state index is -0.371. The Morgan fingerprint density at radius 2 is 1.81 bits per heavy atom. The average molecular weight is 430 g/mol. The predicted molar refractivity (Wildman–Crippen MR) is 114 cm³/mol. The van der Waals surface area contributed by atoms with Gasteiger partial charge in [0.1, 0.15) is 5.82 Å². The molecular formula is C23H27FN2O5. The number of hydrogen-bond acceptors (Lipinski definition) is 6. The molecule has 1 amide bonds. The van der Waals surface area contributed by atoms with Crippen LogP contribution in [0.5, 0.6) is 11.5 Å². The van der Waals surface area contributed by atoms with Crippen LogP contribution in [0.4, 0.5) is 10.1 Å². The largest absolute Gasteiger partial charge is 0.493 e. The molecule has 0 radical (unpaired) electrons. The van der Waals surface area contributed by atoms with Gasteiger partial charge in [0.15, 0.2) is 11.5 Å². The second-order valence-electron chi connectivity index (χ2n) is 7.21. The van der Waals surface area contributed by atoms with Gasteiger partial charge >= 0.3 is 5.97 Å². The minimum Gasteiger partial charge on any atom is -0.493 e. The van der Waals surface area contributed by atoms with Gasteiger partial charge in [0.2, 0.25) is 5.91 Å². The first-order valence-electron chi connectivity index (χ1n) is 10.1. The monoisotopic (exact) mass is 430 g/mol. The van der Waals surface area contributed by atoms with Crippen LogP contribution in [-0.4, -0.2) is 50.7 Å². The SMILES string of the molecule is CCOC(=O)C[C@H]1c2cc(OC)c(OC)cc2CCN1CC(=O)Nc1ccc(F)cc1. The summed E-state index contributed by atoms with van der Waals surface area (Å²) in [7, 11) is 3.14. The van der Waals surface area contributed by atoms with E-state index in [1.165, 1.54) is 24.3 Å². The first-order chi connectivity index (χ1) is 14.9. The lowest BCUT2D eigenvalue weighted by atomic mass is 9.90. The number of halogens is 1. The van der Waals surface area contributed by atoms with Crippen molar-refractivity contribution >= 4 is 17.6 Å². The molecule has 8 heteroatoms. The maximum Gasteiger partial charge on any atom is 0.307 e. The van der Waals surface area contributed by atoms with E-state index in [4.69, 9.17) is 14.2 Å². The van der Waals surface area contributed by atoms with E-state index in [1.807, 2.05) is 17.0 Å². The van der Waals surface area contributed by atoms with E-state index in [1.54, 1.807) is 21.1 Å². The Labute approximate surface area is 181 Å². The Bertz CT molecular complexity index is 932. The molecule has 0 aromatic heterocycles. The molecular weight excluding hydrogens is 403 g/mol. The number of fused-ring (bicyclic) bond motifs is 1. The Hall–Kier alpha value is -3.13. The maximum atomic E-state index is 13.1. The summed E-state index contributed by atoms with van der Waals surface area (Å²) in [5.41, 5.74) is 2.46. The fourth-order valence-electron chi connectivity index (χ4n) is 3.80. The zero-order valence-electron chi connectivity index (χ0n) is 17.9. The van der Waals surface area contributed by atoms with Crippen molar-refractivity contribution in [3.05, 3.63) is 53.3 Å². The quantitative estimate of drug-likeness (QED) is 0.648. The van der Waals surface area contributed by atoms with Crippen LogP contribution in [-0.2, 0) is 20.7 Å². The highest BCUT2D eigenvalue weighted by Crippen LogP contribution is 2.39. The van der Waals surface area contributed by atoms with Gasteiger partial charge < -0.3 is 19.5 Å². The lowest BCUT2D eigenvalue weighted by Gasteiger charge is -2.37. The lowest BCUT2D eigenvalue weighted by Crippen LogP contribution is -2.41. The van der Waals surface area contributed by atoms with Gasteiger partial charge in [0.05, 0.1) is 33.8 Å². The van der Waals surface area contributed by atoms with Crippen LogP contribution in [0.1, 0.15) is 30.5 Å². The molecule has 1 N–H and O–H groups in total. The van der Waals surface area contributed by atoms with Crippen molar-refractivity contribution in [2.75, 3.05) is 39.2 Å². The molecule has 1 aliphatic rings. The number of rotatable bonds is 8. The number of carbonyl (C=O) groups excluding carboxylic acids is 2. The highest BCUT2D eigenvalue weighted by Gasteiger charge is 2.32. The maximum absolute atomic E-state index is 13.1. The van der Waals surface area contributed by atoms with Crippen LogP contribution >= 0.6 is 0 Å². The predicted octanol–water partition coefficient (Wildman–Crippen LogP) is 3.33. The number of nitrogens with zero attached hydrogens (tertiary/aromatic N) is 1. The molecule has 2 aromatic rings. The lowest BCUT2D eigenvalue weighted by molar-refractivity contribution is -0.145. The minimum absolute atomic E-state index is 0.0786. The Morgan fingerprint density at radius 1 is 1.13 bits per heavy atom. The second kappa shape index (κ2) is 10.3. The van der Waals surface area contributed by atoms with Crippen molar-refractivity contribution in [1.29, 1.82) is 0 Å². The second-order valence-corrected chi connectivity index (χ2v) is 7.21. The number of esters is 1. The molecule has 0 fully saturated rings. The first-order valence-corrected chi connectivity index (χ1v) is 10.1. The summed E-state index contributed by atoms with van der Waals surface area (Å²) in [6.45, 7) is 2.71. The third-order valence-corrected chi connectivity index (χ3v) is 5.25. The molecule has 0 saturated carbocycles. The third-order valence-electron chi connectivity index (χ3n) is 5.25. The summed E-state index contributed by atoms with van der Waals surface area (Å²) in [4.78, 5) is 26.9. The van der Waals surface area contributed by atoms with Crippen molar-refractivity contribution in [1.82, 2.24) is 4.90 Å². The fraction of sp³-hybridized carbons (Fsp3) is 0.391. The van der Waals surface area contributed by atoms with Gasteiger partial charge in [-0.05, 0) is 60.9 Å². The Balaban J connectivity index is 1.84. The zero-order chi connectivity index (χ0) is 22.4. The molecule has 31 heavy (non-hydrogen) atoms. The molecule has 0 unspecified atom stereocenters. The van der Waals surface area contributed by atoms with E-state index in [2.05, 4.69) is 5.32 Å². The smallest absolute Gasteiger partial charge is 0.307 e. The molecule has 0 saturated heterocycles. The Morgan fingerprint density at radius 3 is 2.45 bits per heavy atom. The summed E-state index contributed by atoms with van der Waals surface area (Å²) in [5.74, 6) is 0.236. The average Bonchev–Trinajstić information content (AvgIpc) is 2.76. The summed E-state index contributed by atoms with van der Waals surface area (Å²) in [5, 5.41) is 2.77. The number of benzene rings is 2. The summed E-state index contributed by atoms with van der Waals surface area (Å²) in [6.07, 6.45) is 0.805. The topological polar surface area (TPSA) is 77.1 Å². The standard InChI is InChI=1S/C23H27FN2O5/c1-4-31-23(28)13-19-18-12-21(30-3)20(29-2)11-15(18)9-10-26(19)14-22(27)25-17-7-5-16(24)6-8-17/h5-8,11-12,19H,4,9-10,13-14H2,1-3H3,(H,25,27)/t19-/m0/s1. The third kappa shape index (κ3) is 5.52. The van der Waals surface area contributed by atoms with E-state index in [9.17, 15) is 14.0 Å². The molecule has 1 heterocycles. The highest BCUT2D eigenvalue weighted by atomic mass is 19.1. The number of carbonyl (C=O) groups is 2. The van der Waals surface area contributed by atoms with Crippen LogP contribution in [0.15, 0.2) is 36.4 Å². The van der Waals surface area contributed by atoms with Crippen LogP contribution in [0.3, 0.4) is 0 Å². The number of nitrogens with one attached hydrogen (secondary N) is 1. The molecule has 166 valence electrons. The van der Waals surface area contributed by atoms with E-state index >= 15 is 0 Å². The normalized spacial score (nSPS) is 15.7. The molecule has 0 aliphatic carbocycles. The first kappa shape index (κ1) is 22.6. The number of ether oxygens (including phenoxy) is 3. The molecule has 1 aliphatic heterocycles. The van der Waals surface area contributed by atoms with E-state index in [-0.39, 0.29) is 43.3 Å². The summed E-state index contributed by atoms with van der Waals surface area (Å²) >= 11 is 0. The van der Waals surface area contributed by atoms with Crippen molar-refractivity contribution in [2.24, 2.45) is 0 Å². The van der Waals surface area contributed by atoms with Crippen molar-refractivity contribution in [3.8, 4) is 11.5 Å². The molecule has 7 nitrogen and oxygen atoms in total. The molecule has 2 aromatic carbocycles. The van der Waals surface area contributed by atoms with Gasteiger partial charge in [0.25, 0.3) is 0 Å². The summed E-state index contributed by atoms with van der Waals surface area (Å²) < 4.78 is 29.1. The van der Waals surface area contributed by atoms with Gasteiger partial charge in [-0.3, -0.25) is 14.5 Å². The van der Waals surface area contributed by atoms with E-state index in [0.717, 1.165) is 11.1 Å². The fourth-order valence-corrected chi connectivity index (χ4v) is 3.80.